The summed E-state index contributed by atoms with van der Waals surface area (Å²) >= 11 is 0. The van der Waals surface area contributed by atoms with E-state index in [4.69, 9.17) is 4.74 Å². The van der Waals surface area contributed by atoms with E-state index >= 15 is 0 Å². The minimum atomic E-state index is -0.438. The van der Waals surface area contributed by atoms with E-state index < -0.39 is 5.60 Å². The molecule has 1 aliphatic rings. The largest absolute Gasteiger partial charge is 0.507 e. The van der Waals surface area contributed by atoms with Crippen molar-refractivity contribution in [1.82, 2.24) is 4.98 Å². The quantitative estimate of drug-likeness (QED) is 0.544. The Kier molecular flexibility index (Phi) is 6.12. The highest BCUT2D eigenvalue weighted by atomic mass is 16.5. The van der Waals surface area contributed by atoms with Crippen LogP contribution in [0.2, 0.25) is 0 Å². The molecule has 1 aliphatic heterocycles. The van der Waals surface area contributed by atoms with E-state index in [0.717, 1.165) is 28.0 Å². The molecule has 2 atom stereocenters. The molecule has 0 aliphatic carbocycles. The second kappa shape index (κ2) is 8.38. The summed E-state index contributed by atoms with van der Waals surface area (Å²) < 4.78 is 6.27. The summed E-state index contributed by atoms with van der Waals surface area (Å²) in [6.45, 7) is 10.9. The zero-order valence-corrected chi connectivity index (χ0v) is 17.8. The van der Waals surface area contributed by atoms with Crippen LogP contribution in [0.15, 0.2) is 42.7 Å². The summed E-state index contributed by atoms with van der Waals surface area (Å²) in [6, 6.07) is 8.01. The molecule has 3 heteroatoms. The van der Waals surface area contributed by atoms with Gasteiger partial charge in [0, 0.05) is 12.4 Å². The van der Waals surface area contributed by atoms with Gasteiger partial charge in [0.2, 0.25) is 0 Å². The Bertz CT molecular complexity index is 839. The lowest BCUT2D eigenvalue weighted by Crippen LogP contribution is -2.29. The molecule has 3 nitrogen and oxygen atoms in total. The first kappa shape index (κ1) is 20.4. The molecule has 0 saturated carbocycles. The van der Waals surface area contributed by atoms with Crippen LogP contribution >= 0.6 is 0 Å². The normalized spacial score (nSPS) is 17.2. The number of pyridine rings is 1. The predicted octanol–water partition coefficient (Wildman–Crippen LogP) is 6.71. The van der Waals surface area contributed by atoms with Gasteiger partial charge in [-0.1, -0.05) is 46.5 Å². The van der Waals surface area contributed by atoms with Crippen LogP contribution in [-0.4, -0.2) is 15.7 Å². The number of benzene rings is 1. The van der Waals surface area contributed by atoms with Gasteiger partial charge in [-0.2, -0.15) is 0 Å². The lowest BCUT2D eigenvalue weighted by atomic mass is 9.83. The number of unbranched alkanes of at least 4 members (excludes halogenated alkanes) is 2. The molecule has 0 bridgehead atoms. The van der Waals surface area contributed by atoms with E-state index in [2.05, 4.69) is 51.7 Å². The summed E-state index contributed by atoms with van der Waals surface area (Å²) in [7, 11) is 0. The fraction of sp³-hybridized carbons (Fsp3) is 0.480. The van der Waals surface area contributed by atoms with Gasteiger partial charge in [0.25, 0.3) is 0 Å². The van der Waals surface area contributed by atoms with Crippen LogP contribution in [0.5, 0.6) is 11.5 Å². The van der Waals surface area contributed by atoms with Crippen molar-refractivity contribution in [2.45, 2.75) is 71.8 Å². The Hall–Kier alpha value is -2.29. The number of phenolic OH excluding ortho intramolecular Hbond substituents is 1. The molecule has 0 radical (unpaired) electrons. The van der Waals surface area contributed by atoms with E-state index in [1.165, 1.54) is 25.7 Å². The molecule has 1 aromatic heterocycles. The van der Waals surface area contributed by atoms with Gasteiger partial charge in [-0.25, -0.2) is 0 Å². The van der Waals surface area contributed by atoms with Gasteiger partial charge in [0.15, 0.2) is 0 Å². The van der Waals surface area contributed by atoms with Gasteiger partial charge in [-0.3, -0.25) is 4.98 Å². The van der Waals surface area contributed by atoms with Gasteiger partial charge in [-0.05, 0) is 72.7 Å². The molecule has 1 aromatic carbocycles. The molecule has 3 rings (SSSR count). The van der Waals surface area contributed by atoms with Gasteiger partial charge < -0.3 is 9.84 Å². The van der Waals surface area contributed by atoms with Crippen molar-refractivity contribution in [2.75, 3.05) is 0 Å². The maximum atomic E-state index is 10.9. The predicted molar refractivity (Wildman–Crippen MR) is 116 cm³/mol. The summed E-state index contributed by atoms with van der Waals surface area (Å²) in [4.78, 5) is 4.12. The van der Waals surface area contributed by atoms with Gasteiger partial charge in [0.05, 0.1) is 5.56 Å². The summed E-state index contributed by atoms with van der Waals surface area (Å²) in [6.07, 6.45) is 10.6. The highest BCUT2D eigenvalue weighted by molar-refractivity contribution is 5.87. The second-order valence-corrected chi connectivity index (χ2v) is 8.67. The topological polar surface area (TPSA) is 42.4 Å². The first-order valence-electron chi connectivity index (χ1n) is 10.5. The number of phenols is 1. The monoisotopic (exact) mass is 379 g/mol. The second-order valence-electron chi connectivity index (χ2n) is 8.67. The van der Waals surface area contributed by atoms with Crippen molar-refractivity contribution in [3.63, 3.8) is 0 Å². The number of aromatic nitrogens is 1. The average molecular weight is 380 g/mol. The number of aromatic hydroxyl groups is 1. The van der Waals surface area contributed by atoms with E-state index in [1.807, 2.05) is 18.2 Å². The van der Waals surface area contributed by atoms with Crippen LogP contribution in [0, 0.1) is 5.92 Å². The van der Waals surface area contributed by atoms with E-state index in [0.29, 0.717) is 17.6 Å². The number of nitrogens with zero attached hydrogens (tertiary/aromatic N) is 1. The smallest absolute Gasteiger partial charge is 0.132 e. The molecule has 0 spiro atoms. The first-order valence-corrected chi connectivity index (χ1v) is 10.5. The van der Waals surface area contributed by atoms with Crippen molar-refractivity contribution in [3.8, 4) is 11.5 Å². The van der Waals surface area contributed by atoms with Gasteiger partial charge in [0.1, 0.15) is 17.1 Å². The molecule has 0 unspecified atom stereocenters. The Morgan fingerprint density at radius 2 is 1.82 bits per heavy atom. The maximum Gasteiger partial charge on any atom is 0.132 e. The van der Waals surface area contributed by atoms with Gasteiger partial charge >= 0.3 is 0 Å². The van der Waals surface area contributed by atoms with Gasteiger partial charge in [-0.15, -0.1) is 0 Å². The van der Waals surface area contributed by atoms with Crippen LogP contribution < -0.4 is 4.74 Å². The zero-order chi connectivity index (χ0) is 20.3. The molecule has 1 N–H and O–H groups in total. The van der Waals surface area contributed by atoms with Crippen molar-refractivity contribution in [2.24, 2.45) is 5.92 Å². The highest BCUT2D eigenvalue weighted by Crippen LogP contribution is 2.46. The van der Waals surface area contributed by atoms with Crippen molar-refractivity contribution in [3.05, 3.63) is 59.4 Å². The summed E-state index contributed by atoms with van der Waals surface area (Å²) in [5.74, 6) is 1.99. The Morgan fingerprint density at radius 1 is 1.11 bits per heavy atom. The minimum absolute atomic E-state index is 0.290. The lowest BCUT2D eigenvalue weighted by molar-refractivity contribution is 0.157. The van der Waals surface area contributed by atoms with E-state index in [1.54, 1.807) is 12.4 Å². The third kappa shape index (κ3) is 4.40. The third-order valence-corrected chi connectivity index (χ3v) is 5.87. The van der Waals surface area contributed by atoms with Crippen molar-refractivity contribution >= 4 is 5.57 Å². The van der Waals surface area contributed by atoms with Crippen LogP contribution in [0.25, 0.3) is 5.57 Å². The molecule has 0 fully saturated rings. The molecular weight excluding hydrogens is 346 g/mol. The SMILES string of the molecule is CCCCC[C@@H](C)[C@@H](C)c1cc(O)c2c(c1)OC(C)(C)C=C2c1ccncc1. The Labute approximate surface area is 169 Å². The number of hydrogen-bond acceptors (Lipinski definition) is 3. The molecule has 2 heterocycles. The number of fused-ring (bicyclic) bond motifs is 1. The molecule has 28 heavy (non-hydrogen) atoms. The van der Waals surface area contributed by atoms with Crippen LogP contribution in [-0.2, 0) is 0 Å². The number of rotatable bonds is 7. The maximum absolute atomic E-state index is 10.9. The summed E-state index contributed by atoms with van der Waals surface area (Å²) in [5, 5.41) is 10.9. The van der Waals surface area contributed by atoms with E-state index in [9.17, 15) is 5.11 Å². The van der Waals surface area contributed by atoms with Crippen LogP contribution in [0.4, 0.5) is 0 Å². The molecule has 150 valence electrons. The number of hydrogen-bond donors (Lipinski definition) is 1. The number of ether oxygens (including phenoxy) is 1. The van der Waals surface area contributed by atoms with Crippen molar-refractivity contribution in [1.29, 1.82) is 0 Å². The minimum Gasteiger partial charge on any atom is -0.507 e. The van der Waals surface area contributed by atoms with Crippen LogP contribution in [0.1, 0.15) is 82.9 Å². The van der Waals surface area contributed by atoms with Crippen LogP contribution in [0.3, 0.4) is 0 Å². The molecule has 2 aromatic rings. The molecular formula is C25H33NO2. The summed E-state index contributed by atoms with van der Waals surface area (Å²) in [5.41, 5.74) is 3.53. The van der Waals surface area contributed by atoms with Crippen molar-refractivity contribution < 1.29 is 9.84 Å². The first-order chi connectivity index (χ1) is 13.3. The zero-order valence-electron chi connectivity index (χ0n) is 17.8. The standard InChI is InChI=1S/C25H33NO2/c1-6-7-8-9-17(2)18(3)20-14-22(27)24-21(19-10-12-26-13-11-19)16-25(4,5)28-23(24)15-20/h10-18,27H,6-9H2,1-5H3/t17-,18-/m1/s1. The molecule has 0 saturated heterocycles. The Balaban J connectivity index is 1.97. The third-order valence-electron chi connectivity index (χ3n) is 5.87. The average Bonchev–Trinajstić information content (AvgIpc) is 2.66. The molecule has 0 amide bonds. The fourth-order valence-corrected chi connectivity index (χ4v) is 4.02. The fourth-order valence-electron chi connectivity index (χ4n) is 4.02. The lowest BCUT2D eigenvalue weighted by Gasteiger charge is -2.33. The Morgan fingerprint density at radius 3 is 2.50 bits per heavy atom. The van der Waals surface area contributed by atoms with E-state index in [-0.39, 0.29) is 0 Å². The highest BCUT2D eigenvalue weighted by Gasteiger charge is 2.30.